The number of nitrogens with zero attached hydrogens (tertiary/aromatic N) is 2. The van der Waals surface area contributed by atoms with E-state index in [4.69, 9.17) is 0 Å². The summed E-state index contributed by atoms with van der Waals surface area (Å²) in [5, 5.41) is 5.49. The Morgan fingerprint density at radius 2 is 2.00 bits per heavy atom. The Morgan fingerprint density at radius 1 is 1.12 bits per heavy atom. The van der Waals surface area contributed by atoms with E-state index in [0.717, 1.165) is 55.6 Å². The highest BCUT2D eigenvalue weighted by atomic mass is 32.1. The number of hydrogen-bond donors (Lipinski definition) is 1. The molecule has 24 heavy (non-hydrogen) atoms. The van der Waals surface area contributed by atoms with Crippen LogP contribution in [0.3, 0.4) is 0 Å². The number of carbonyl (C=O) groups is 1. The lowest BCUT2D eigenvalue weighted by atomic mass is 10.1. The molecule has 0 bridgehead atoms. The van der Waals surface area contributed by atoms with Crippen LogP contribution in [0.2, 0.25) is 0 Å². The molecule has 124 valence electrons. The number of fused-ring (bicyclic) bond motifs is 1. The second-order valence-electron chi connectivity index (χ2n) is 6.30. The van der Waals surface area contributed by atoms with Gasteiger partial charge in [-0.1, -0.05) is 6.07 Å². The van der Waals surface area contributed by atoms with E-state index in [2.05, 4.69) is 26.7 Å². The molecule has 1 saturated heterocycles. The fourth-order valence-corrected chi connectivity index (χ4v) is 3.96. The van der Waals surface area contributed by atoms with Crippen molar-refractivity contribution in [1.82, 2.24) is 14.8 Å². The molecule has 0 unspecified atom stereocenters. The van der Waals surface area contributed by atoms with Gasteiger partial charge in [-0.3, -0.25) is 9.69 Å². The highest BCUT2D eigenvalue weighted by molar-refractivity contribution is 7.07. The number of amides is 1. The van der Waals surface area contributed by atoms with Crippen LogP contribution in [-0.2, 0) is 6.42 Å². The lowest BCUT2D eigenvalue weighted by Gasteiger charge is -2.34. The van der Waals surface area contributed by atoms with Gasteiger partial charge >= 0.3 is 0 Å². The smallest absolute Gasteiger partial charge is 0.254 e. The van der Waals surface area contributed by atoms with Crippen molar-refractivity contribution in [3.8, 4) is 0 Å². The summed E-state index contributed by atoms with van der Waals surface area (Å²) in [5.74, 6) is 0.143. The summed E-state index contributed by atoms with van der Waals surface area (Å²) in [6, 6.07) is 10.1. The van der Waals surface area contributed by atoms with Crippen LogP contribution in [-0.4, -0.2) is 53.4 Å². The quantitative estimate of drug-likeness (QED) is 0.793. The Labute approximate surface area is 145 Å². The van der Waals surface area contributed by atoms with Gasteiger partial charge in [0.25, 0.3) is 5.91 Å². The van der Waals surface area contributed by atoms with Gasteiger partial charge in [0.05, 0.1) is 0 Å². The highest BCUT2D eigenvalue weighted by Crippen LogP contribution is 2.17. The number of aromatic amines is 1. The van der Waals surface area contributed by atoms with E-state index in [9.17, 15) is 4.79 Å². The van der Waals surface area contributed by atoms with Crippen molar-refractivity contribution in [2.75, 3.05) is 32.7 Å². The molecule has 1 fully saturated rings. The molecule has 4 nitrogen and oxygen atoms in total. The first-order chi connectivity index (χ1) is 11.8. The van der Waals surface area contributed by atoms with Gasteiger partial charge < -0.3 is 9.88 Å². The molecule has 1 N–H and O–H groups in total. The van der Waals surface area contributed by atoms with Crippen LogP contribution in [0, 0.1) is 0 Å². The molecule has 0 saturated carbocycles. The summed E-state index contributed by atoms with van der Waals surface area (Å²) >= 11 is 1.76. The molecule has 1 aliphatic rings. The largest absolute Gasteiger partial charge is 0.361 e. The number of H-pyrrole nitrogens is 1. The Morgan fingerprint density at radius 3 is 2.79 bits per heavy atom. The fraction of sp³-hybridized carbons (Fsp3) is 0.316. The van der Waals surface area contributed by atoms with Crippen LogP contribution in [0.5, 0.6) is 0 Å². The molecule has 5 heteroatoms. The van der Waals surface area contributed by atoms with Gasteiger partial charge in [-0.05, 0) is 52.4 Å². The van der Waals surface area contributed by atoms with Crippen molar-refractivity contribution in [2.45, 2.75) is 6.42 Å². The van der Waals surface area contributed by atoms with E-state index >= 15 is 0 Å². The number of aromatic nitrogens is 1. The van der Waals surface area contributed by atoms with Crippen LogP contribution < -0.4 is 0 Å². The molecular weight excluding hydrogens is 318 g/mol. The van der Waals surface area contributed by atoms with E-state index < -0.39 is 0 Å². The molecule has 0 aliphatic carbocycles. The number of nitrogens with one attached hydrogen (secondary N) is 1. The normalized spacial score (nSPS) is 15.9. The van der Waals surface area contributed by atoms with Gasteiger partial charge in [0, 0.05) is 50.0 Å². The van der Waals surface area contributed by atoms with Crippen molar-refractivity contribution in [1.29, 1.82) is 0 Å². The molecule has 1 amide bonds. The van der Waals surface area contributed by atoms with Gasteiger partial charge in [0.1, 0.15) is 0 Å². The third kappa shape index (κ3) is 3.23. The zero-order chi connectivity index (χ0) is 16.4. The minimum atomic E-state index is 0.143. The van der Waals surface area contributed by atoms with Gasteiger partial charge in [-0.2, -0.15) is 11.3 Å². The standard InChI is InChI=1S/C19H21N3OS/c23-19(17-2-1-16-3-6-20-18(16)13-17)22-10-8-21(9-11-22)7-4-15-5-12-24-14-15/h1-3,5-6,12-14,20H,4,7-11H2. The fourth-order valence-electron chi connectivity index (χ4n) is 3.26. The number of rotatable bonds is 4. The summed E-state index contributed by atoms with van der Waals surface area (Å²) in [5.41, 5.74) is 3.21. The van der Waals surface area contributed by atoms with E-state index in [0.29, 0.717) is 0 Å². The van der Waals surface area contributed by atoms with E-state index in [1.54, 1.807) is 11.3 Å². The lowest BCUT2D eigenvalue weighted by Crippen LogP contribution is -2.49. The van der Waals surface area contributed by atoms with Crippen LogP contribution in [0.4, 0.5) is 0 Å². The minimum Gasteiger partial charge on any atom is -0.361 e. The van der Waals surface area contributed by atoms with Crippen molar-refractivity contribution >= 4 is 28.1 Å². The molecule has 3 heterocycles. The van der Waals surface area contributed by atoms with Crippen LogP contribution >= 0.6 is 11.3 Å². The maximum absolute atomic E-state index is 12.7. The zero-order valence-electron chi connectivity index (χ0n) is 13.6. The Bertz CT molecular complexity index is 816. The molecule has 3 aromatic rings. The molecule has 2 aromatic heterocycles. The van der Waals surface area contributed by atoms with Crippen LogP contribution in [0.1, 0.15) is 15.9 Å². The summed E-state index contributed by atoms with van der Waals surface area (Å²) in [6.07, 6.45) is 3.01. The number of thiophene rings is 1. The Kier molecular flexibility index (Phi) is 4.36. The molecule has 0 spiro atoms. The number of carbonyl (C=O) groups excluding carboxylic acids is 1. The van der Waals surface area contributed by atoms with Crippen molar-refractivity contribution in [3.05, 3.63) is 58.4 Å². The van der Waals surface area contributed by atoms with E-state index in [1.165, 1.54) is 5.56 Å². The van der Waals surface area contributed by atoms with Gasteiger partial charge in [-0.25, -0.2) is 0 Å². The highest BCUT2D eigenvalue weighted by Gasteiger charge is 2.22. The summed E-state index contributed by atoms with van der Waals surface area (Å²) in [6.45, 7) is 4.62. The molecule has 1 aliphatic heterocycles. The molecular formula is C19H21N3OS. The third-order valence-electron chi connectivity index (χ3n) is 4.76. The first-order valence-electron chi connectivity index (χ1n) is 8.39. The molecule has 0 atom stereocenters. The topological polar surface area (TPSA) is 39.3 Å². The van der Waals surface area contributed by atoms with E-state index in [-0.39, 0.29) is 5.91 Å². The van der Waals surface area contributed by atoms with Gasteiger partial charge in [0.15, 0.2) is 0 Å². The Balaban J connectivity index is 1.33. The maximum Gasteiger partial charge on any atom is 0.254 e. The SMILES string of the molecule is O=C(c1ccc2cc[nH]c2c1)N1CCN(CCc2ccsc2)CC1. The molecule has 1 aromatic carbocycles. The summed E-state index contributed by atoms with van der Waals surface area (Å²) in [4.78, 5) is 20.3. The number of hydrogen-bond acceptors (Lipinski definition) is 3. The van der Waals surface area contributed by atoms with Crippen LogP contribution in [0.15, 0.2) is 47.3 Å². The zero-order valence-corrected chi connectivity index (χ0v) is 14.4. The maximum atomic E-state index is 12.7. The van der Waals surface area contributed by atoms with Gasteiger partial charge in [0.2, 0.25) is 0 Å². The number of benzene rings is 1. The van der Waals surface area contributed by atoms with Crippen molar-refractivity contribution in [3.63, 3.8) is 0 Å². The van der Waals surface area contributed by atoms with Crippen molar-refractivity contribution in [2.24, 2.45) is 0 Å². The number of piperazine rings is 1. The van der Waals surface area contributed by atoms with E-state index in [1.807, 2.05) is 35.4 Å². The lowest BCUT2D eigenvalue weighted by molar-refractivity contribution is 0.0638. The molecule has 0 radical (unpaired) electrons. The summed E-state index contributed by atoms with van der Waals surface area (Å²) in [7, 11) is 0. The summed E-state index contributed by atoms with van der Waals surface area (Å²) < 4.78 is 0. The second kappa shape index (κ2) is 6.79. The van der Waals surface area contributed by atoms with Crippen molar-refractivity contribution < 1.29 is 4.79 Å². The van der Waals surface area contributed by atoms with Gasteiger partial charge in [-0.15, -0.1) is 0 Å². The second-order valence-corrected chi connectivity index (χ2v) is 7.08. The predicted octanol–water partition coefficient (Wildman–Crippen LogP) is 3.23. The first-order valence-corrected chi connectivity index (χ1v) is 9.34. The predicted molar refractivity (Wildman–Crippen MR) is 98.7 cm³/mol. The van der Waals surface area contributed by atoms with Crippen LogP contribution in [0.25, 0.3) is 10.9 Å². The monoisotopic (exact) mass is 339 g/mol. The first kappa shape index (κ1) is 15.4. The Hall–Kier alpha value is -2.11. The average Bonchev–Trinajstić information content (AvgIpc) is 3.30. The average molecular weight is 339 g/mol. The molecule has 4 rings (SSSR count). The third-order valence-corrected chi connectivity index (χ3v) is 5.49. The minimum absolute atomic E-state index is 0.143.